The molecule has 25 heavy (non-hydrogen) atoms. The molecule has 0 aliphatic carbocycles. The quantitative estimate of drug-likeness (QED) is 0.384. The third kappa shape index (κ3) is 7.32. The number of nitrogens with one attached hydrogen (secondary N) is 2. The summed E-state index contributed by atoms with van der Waals surface area (Å²) in [5.41, 5.74) is 1.19. The van der Waals surface area contributed by atoms with E-state index in [1.165, 1.54) is 5.56 Å². The van der Waals surface area contributed by atoms with Gasteiger partial charge in [-0.2, -0.15) is 0 Å². The minimum absolute atomic E-state index is 0.274. The van der Waals surface area contributed by atoms with Crippen molar-refractivity contribution in [2.24, 2.45) is 4.99 Å². The maximum Gasteiger partial charge on any atom is 0.191 e. The van der Waals surface area contributed by atoms with Gasteiger partial charge in [0, 0.05) is 32.8 Å². The Balaban J connectivity index is 1.67. The van der Waals surface area contributed by atoms with Gasteiger partial charge in [-0.3, -0.25) is 4.99 Å². The lowest BCUT2D eigenvalue weighted by atomic mass is 10.1. The molecule has 0 saturated carbocycles. The first-order valence-corrected chi connectivity index (χ1v) is 9.17. The topological polar surface area (TPSA) is 64.1 Å². The molecule has 0 aromatic heterocycles. The number of ether oxygens (including phenoxy) is 3. The molecule has 6 heteroatoms. The van der Waals surface area contributed by atoms with Crippen LogP contribution in [0.3, 0.4) is 0 Å². The van der Waals surface area contributed by atoms with E-state index in [1.54, 1.807) is 7.11 Å². The van der Waals surface area contributed by atoms with E-state index in [1.807, 2.05) is 18.2 Å². The van der Waals surface area contributed by atoms with Crippen molar-refractivity contribution in [3.05, 3.63) is 29.8 Å². The number of methoxy groups -OCH3 is 1. The number of aliphatic imine (C=N–C) groups is 1. The van der Waals surface area contributed by atoms with Crippen LogP contribution in [0.2, 0.25) is 0 Å². The van der Waals surface area contributed by atoms with Gasteiger partial charge in [0.15, 0.2) is 5.96 Å². The zero-order valence-corrected chi connectivity index (χ0v) is 15.4. The van der Waals surface area contributed by atoms with Crippen LogP contribution < -0.4 is 15.4 Å². The molecule has 0 amide bonds. The van der Waals surface area contributed by atoms with Gasteiger partial charge in [-0.1, -0.05) is 18.2 Å². The van der Waals surface area contributed by atoms with E-state index in [-0.39, 0.29) is 6.10 Å². The van der Waals surface area contributed by atoms with Gasteiger partial charge in [-0.05, 0) is 37.8 Å². The van der Waals surface area contributed by atoms with Crippen LogP contribution in [0.4, 0.5) is 0 Å². The normalized spacial score (nSPS) is 17.5. The SMILES string of the molecule is CCNC(=NCCCOC1CCOC1)NCCc1ccccc1OC. The third-order valence-corrected chi connectivity index (χ3v) is 4.04. The number of rotatable bonds is 10. The van der Waals surface area contributed by atoms with E-state index in [0.29, 0.717) is 0 Å². The fourth-order valence-corrected chi connectivity index (χ4v) is 2.72. The first-order valence-electron chi connectivity index (χ1n) is 9.17. The maximum absolute atomic E-state index is 5.76. The number of hydrogen-bond donors (Lipinski definition) is 2. The largest absolute Gasteiger partial charge is 0.496 e. The molecule has 1 aliphatic heterocycles. The van der Waals surface area contributed by atoms with Crippen molar-refractivity contribution in [2.75, 3.05) is 46.6 Å². The van der Waals surface area contributed by atoms with Gasteiger partial charge < -0.3 is 24.8 Å². The maximum atomic E-state index is 5.76. The average molecular weight is 349 g/mol. The second-order valence-electron chi connectivity index (χ2n) is 5.96. The van der Waals surface area contributed by atoms with Crippen LogP contribution in [-0.4, -0.2) is 58.6 Å². The molecular formula is C19H31N3O3. The molecule has 1 heterocycles. The van der Waals surface area contributed by atoms with E-state index < -0.39 is 0 Å². The third-order valence-electron chi connectivity index (χ3n) is 4.04. The first-order chi connectivity index (χ1) is 12.3. The molecule has 0 radical (unpaired) electrons. The van der Waals surface area contributed by atoms with Crippen molar-refractivity contribution in [3.63, 3.8) is 0 Å². The second kappa shape index (κ2) is 11.7. The molecule has 1 atom stereocenters. The molecule has 1 aromatic rings. The predicted octanol–water partition coefficient (Wildman–Crippen LogP) is 1.99. The van der Waals surface area contributed by atoms with Gasteiger partial charge in [0.25, 0.3) is 0 Å². The molecule has 1 unspecified atom stereocenters. The van der Waals surface area contributed by atoms with Crippen LogP contribution in [0, 0.1) is 0 Å². The van der Waals surface area contributed by atoms with Crippen molar-refractivity contribution >= 4 is 5.96 Å². The Labute approximate surface area is 151 Å². The molecule has 1 saturated heterocycles. The molecule has 1 aromatic carbocycles. The Morgan fingerprint density at radius 2 is 2.20 bits per heavy atom. The monoisotopic (exact) mass is 349 g/mol. The zero-order valence-electron chi connectivity index (χ0n) is 15.4. The number of para-hydroxylation sites is 1. The van der Waals surface area contributed by atoms with E-state index in [4.69, 9.17) is 14.2 Å². The lowest BCUT2D eigenvalue weighted by Gasteiger charge is -2.13. The number of benzene rings is 1. The second-order valence-corrected chi connectivity index (χ2v) is 5.96. The first kappa shape index (κ1) is 19.5. The molecular weight excluding hydrogens is 318 g/mol. The number of guanidine groups is 1. The van der Waals surface area contributed by atoms with Crippen LogP contribution in [0.15, 0.2) is 29.3 Å². The Kier molecular flexibility index (Phi) is 9.15. The molecule has 6 nitrogen and oxygen atoms in total. The highest BCUT2D eigenvalue weighted by Gasteiger charge is 2.15. The highest BCUT2D eigenvalue weighted by molar-refractivity contribution is 5.79. The molecule has 1 fully saturated rings. The van der Waals surface area contributed by atoms with Gasteiger partial charge in [0.2, 0.25) is 0 Å². The van der Waals surface area contributed by atoms with Crippen LogP contribution >= 0.6 is 0 Å². The Hall–Kier alpha value is -1.79. The van der Waals surface area contributed by atoms with Gasteiger partial charge in [0.1, 0.15) is 5.75 Å². The van der Waals surface area contributed by atoms with Gasteiger partial charge in [0.05, 0.1) is 19.8 Å². The van der Waals surface area contributed by atoms with Crippen molar-refractivity contribution < 1.29 is 14.2 Å². The van der Waals surface area contributed by atoms with E-state index in [9.17, 15) is 0 Å². The van der Waals surface area contributed by atoms with Crippen LogP contribution in [0.5, 0.6) is 5.75 Å². The van der Waals surface area contributed by atoms with Crippen molar-refractivity contribution in [3.8, 4) is 5.75 Å². The van der Waals surface area contributed by atoms with Crippen LogP contribution in [0.25, 0.3) is 0 Å². The summed E-state index contributed by atoms with van der Waals surface area (Å²) in [6, 6.07) is 8.10. The van der Waals surface area contributed by atoms with Crippen LogP contribution in [-0.2, 0) is 15.9 Å². The Morgan fingerprint density at radius 3 is 2.96 bits per heavy atom. The van der Waals surface area contributed by atoms with E-state index in [2.05, 4.69) is 28.6 Å². The summed E-state index contributed by atoms with van der Waals surface area (Å²) in [4.78, 5) is 4.60. The molecule has 2 N–H and O–H groups in total. The standard InChI is InChI=1S/C19H31N3O3/c1-3-20-19(21-11-6-13-25-17-10-14-24-15-17)22-12-9-16-7-4-5-8-18(16)23-2/h4-5,7-8,17H,3,6,9-15H2,1-2H3,(H2,20,21,22). The summed E-state index contributed by atoms with van der Waals surface area (Å²) < 4.78 is 16.4. The smallest absolute Gasteiger partial charge is 0.191 e. The number of nitrogens with zero attached hydrogens (tertiary/aromatic N) is 1. The molecule has 140 valence electrons. The molecule has 0 spiro atoms. The fourth-order valence-electron chi connectivity index (χ4n) is 2.72. The van der Waals surface area contributed by atoms with Crippen molar-refractivity contribution in [1.82, 2.24) is 10.6 Å². The van der Waals surface area contributed by atoms with Crippen molar-refractivity contribution in [1.29, 1.82) is 0 Å². The van der Waals surface area contributed by atoms with E-state index >= 15 is 0 Å². The Morgan fingerprint density at radius 1 is 1.32 bits per heavy atom. The summed E-state index contributed by atoms with van der Waals surface area (Å²) in [5.74, 6) is 1.78. The highest BCUT2D eigenvalue weighted by Crippen LogP contribution is 2.17. The van der Waals surface area contributed by atoms with Crippen molar-refractivity contribution in [2.45, 2.75) is 32.3 Å². The summed E-state index contributed by atoms with van der Waals surface area (Å²) >= 11 is 0. The minimum Gasteiger partial charge on any atom is -0.496 e. The molecule has 0 bridgehead atoms. The lowest BCUT2D eigenvalue weighted by Crippen LogP contribution is -2.38. The van der Waals surface area contributed by atoms with Crippen LogP contribution in [0.1, 0.15) is 25.3 Å². The molecule has 2 rings (SSSR count). The van der Waals surface area contributed by atoms with E-state index in [0.717, 1.165) is 70.4 Å². The summed E-state index contributed by atoms with van der Waals surface area (Å²) in [6.45, 7) is 6.76. The summed E-state index contributed by atoms with van der Waals surface area (Å²) in [7, 11) is 1.71. The number of hydrogen-bond acceptors (Lipinski definition) is 4. The Bertz CT molecular complexity index is 516. The lowest BCUT2D eigenvalue weighted by molar-refractivity contribution is 0.0424. The zero-order chi connectivity index (χ0) is 17.7. The predicted molar refractivity (Wildman–Crippen MR) is 100 cm³/mol. The van der Waals surface area contributed by atoms with Gasteiger partial charge in [-0.15, -0.1) is 0 Å². The molecule has 1 aliphatic rings. The van der Waals surface area contributed by atoms with Gasteiger partial charge >= 0.3 is 0 Å². The van der Waals surface area contributed by atoms with Gasteiger partial charge in [-0.25, -0.2) is 0 Å². The summed E-state index contributed by atoms with van der Waals surface area (Å²) in [5, 5.41) is 6.65. The minimum atomic E-state index is 0.274. The summed E-state index contributed by atoms with van der Waals surface area (Å²) in [6.07, 6.45) is 3.09. The highest BCUT2D eigenvalue weighted by atomic mass is 16.5. The average Bonchev–Trinajstić information content (AvgIpc) is 3.15. The fraction of sp³-hybridized carbons (Fsp3) is 0.632.